The second kappa shape index (κ2) is 7.46. The van der Waals surface area contributed by atoms with Gasteiger partial charge in [-0.2, -0.15) is 0 Å². The predicted molar refractivity (Wildman–Crippen MR) is 100 cm³/mol. The van der Waals surface area contributed by atoms with Crippen molar-refractivity contribution in [1.82, 2.24) is 4.98 Å². The summed E-state index contributed by atoms with van der Waals surface area (Å²) in [7, 11) is 4.30. The summed E-state index contributed by atoms with van der Waals surface area (Å²) in [5, 5.41) is 14.3. The number of methoxy groups -OCH3 is 3. The van der Waals surface area contributed by atoms with Crippen molar-refractivity contribution in [2.75, 3.05) is 26.6 Å². The minimum atomic E-state index is -0.673. The predicted octanol–water partition coefficient (Wildman–Crippen LogP) is 3.48. The maximum absolute atomic E-state index is 12.6. The van der Waals surface area contributed by atoms with Crippen LogP contribution in [0.3, 0.4) is 0 Å². The number of carbonyl (C=O) groups is 1. The summed E-state index contributed by atoms with van der Waals surface area (Å²) >= 11 is 1.23. The number of fused-ring (bicyclic) bond motifs is 1. The maximum atomic E-state index is 12.6. The van der Waals surface area contributed by atoms with Gasteiger partial charge in [-0.15, -0.1) is 0 Å². The van der Waals surface area contributed by atoms with Crippen LogP contribution in [-0.2, 0) is 0 Å². The summed E-state index contributed by atoms with van der Waals surface area (Å²) in [6, 6.07) is 7.73. The van der Waals surface area contributed by atoms with Crippen LogP contribution in [0.25, 0.3) is 10.2 Å². The maximum Gasteiger partial charge on any atom is 0.286 e. The van der Waals surface area contributed by atoms with Gasteiger partial charge in [-0.05, 0) is 18.2 Å². The normalized spacial score (nSPS) is 10.5. The van der Waals surface area contributed by atoms with Crippen molar-refractivity contribution in [2.45, 2.75) is 0 Å². The Labute approximate surface area is 157 Å². The molecular formula is C17H15N3O6S. The molecule has 140 valence electrons. The zero-order valence-corrected chi connectivity index (χ0v) is 15.5. The summed E-state index contributed by atoms with van der Waals surface area (Å²) in [5.74, 6) is 0.364. The van der Waals surface area contributed by atoms with Crippen LogP contribution < -0.4 is 19.5 Å². The second-order valence-electron chi connectivity index (χ2n) is 5.29. The van der Waals surface area contributed by atoms with Crippen molar-refractivity contribution in [2.24, 2.45) is 0 Å². The first-order valence-corrected chi connectivity index (χ1v) is 8.44. The first-order chi connectivity index (χ1) is 13.0. The number of benzene rings is 2. The van der Waals surface area contributed by atoms with Gasteiger partial charge in [0.2, 0.25) is 0 Å². The molecule has 0 aliphatic rings. The van der Waals surface area contributed by atoms with E-state index < -0.39 is 16.5 Å². The van der Waals surface area contributed by atoms with Gasteiger partial charge in [0.25, 0.3) is 11.6 Å². The molecule has 0 bridgehead atoms. The molecule has 0 aliphatic heterocycles. The van der Waals surface area contributed by atoms with Crippen LogP contribution >= 0.6 is 11.3 Å². The average molecular weight is 389 g/mol. The number of hydrogen-bond acceptors (Lipinski definition) is 8. The molecule has 10 heteroatoms. The van der Waals surface area contributed by atoms with Gasteiger partial charge < -0.3 is 14.2 Å². The van der Waals surface area contributed by atoms with Gasteiger partial charge in [-0.25, -0.2) is 4.98 Å². The minimum absolute atomic E-state index is 0.158. The van der Waals surface area contributed by atoms with Crippen LogP contribution in [0.5, 0.6) is 17.2 Å². The van der Waals surface area contributed by atoms with Crippen molar-refractivity contribution in [3.63, 3.8) is 0 Å². The number of thiazole rings is 1. The third-order valence-electron chi connectivity index (χ3n) is 3.76. The van der Waals surface area contributed by atoms with Crippen molar-refractivity contribution < 1.29 is 23.9 Å². The lowest BCUT2D eigenvalue weighted by Gasteiger charge is -2.10. The topological polar surface area (TPSA) is 113 Å². The van der Waals surface area contributed by atoms with Gasteiger partial charge in [0.15, 0.2) is 16.6 Å². The summed E-state index contributed by atoms with van der Waals surface area (Å²) in [4.78, 5) is 27.7. The Balaban J connectivity index is 1.97. The number of anilines is 1. The number of nitro benzene ring substituents is 1. The Morgan fingerprint density at radius 2 is 1.81 bits per heavy atom. The average Bonchev–Trinajstić information content (AvgIpc) is 3.07. The minimum Gasteiger partial charge on any atom is -0.497 e. The Bertz CT molecular complexity index is 1030. The number of nitro groups is 1. The number of nitrogens with one attached hydrogen (secondary N) is 1. The van der Waals surface area contributed by atoms with Crippen LogP contribution in [0.15, 0.2) is 30.3 Å². The molecule has 0 aliphatic carbocycles. The fourth-order valence-corrected chi connectivity index (χ4v) is 3.34. The van der Waals surface area contributed by atoms with E-state index in [2.05, 4.69) is 10.3 Å². The Kier molecular flexibility index (Phi) is 5.08. The molecular weight excluding hydrogens is 374 g/mol. The Morgan fingerprint density at radius 1 is 1.11 bits per heavy atom. The molecule has 0 spiro atoms. The molecule has 0 saturated heterocycles. The molecule has 1 aromatic heterocycles. The molecule has 1 amide bonds. The lowest BCUT2D eigenvalue weighted by Crippen LogP contribution is -2.14. The number of ether oxygens (including phenoxy) is 3. The van der Waals surface area contributed by atoms with E-state index in [-0.39, 0.29) is 17.1 Å². The smallest absolute Gasteiger partial charge is 0.286 e. The van der Waals surface area contributed by atoms with E-state index in [1.807, 2.05) is 0 Å². The third kappa shape index (κ3) is 3.60. The summed E-state index contributed by atoms with van der Waals surface area (Å²) in [6.07, 6.45) is 0. The standard InChI is InChI=1S/C17H15N3O6S/c1-24-9-4-5-11-15(6-9)27-17(18-11)19-16(21)10-7-13(25-2)14(26-3)8-12(10)20(22)23/h4-8H,1-3H3,(H,18,19,21). The number of rotatable bonds is 6. The highest BCUT2D eigenvalue weighted by atomic mass is 32.1. The monoisotopic (exact) mass is 389 g/mol. The number of nitrogens with zero attached hydrogens (tertiary/aromatic N) is 2. The van der Waals surface area contributed by atoms with Gasteiger partial charge in [0.1, 0.15) is 11.3 Å². The van der Waals surface area contributed by atoms with Gasteiger partial charge in [-0.1, -0.05) is 11.3 Å². The van der Waals surface area contributed by atoms with Crippen LogP contribution in [-0.4, -0.2) is 37.1 Å². The van der Waals surface area contributed by atoms with Gasteiger partial charge in [0, 0.05) is 6.07 Å². The SMILES string of the molecule is COc1ccc2nc(NC(=O)c3cc(OC)c(OC)cc3[N+](=O)[O-])sc2c1. The lowest BCUT2D eigenvalue weighted by molar-refractivity contribution is -0.385. The van der Waals surface area contributed by atoms with E-state index in [9.17, 15) is 14.9 Å². The Hall–Kier alpha value is -3.40. The van der Waals surface area contributed by atoms with Crippen molar-refractivity contribution in [3.8, 4) is 17.2 Å². The van der Waals surface area contributed by atoms with Gasteiger partial charge in [-0.3, -0.25) is 20.2 Å². The van der Waals surface area contributed by atoms with Crippen LogP contribution in [0.4, 0.5) is 10.8 Å². The van der Waals surface area contributed by atoms with Crippen molar-refractivity contribution in [3.05, 3.63) is 46.0 Å². The molecule has 1 N–H and O–H groups in total. The zero-order valence-electron chi connectivity index (χ0n) is 14.6. The number of aromatic nitrogens is 1. The van der Waals surface area contributed by atoms with Crippen LogP contribution in [0, 0.1) is 10.1 Å². The molecule has 0 unspecified atom stereocenters. The largest absolute Gasteiger partial charge is 0.497 e. The molecule has 0 radical (unpaired) electrons. The second-order valence-corrected chi connectivity index (χ2v) is 6.32. The van der Waals surface area contributed by atoms with E-state index in [1.54, 1.807) is 25.3 Å². The van der Waals surface area contributed by atoms with Crippen molar-refractivity contribution >= 4 is 38.3 Å². The number of amides is 1. The number of carbonyl (C=O) groups excluding carboxylic acids is 1. The first kappa shape index (κ1) is 18.4. The molecule has 0 atom stereocenters. The van der Waals surface area contributed by atoms with E-state index in [0.717, 1.165) is 10.8 Å². The van der Waals surface area contributed by atoms with E-state index in [0.29, 0.717) is 16.4 Å². The highest BCUT2D eigenvalue weighted by Crippen LogP contribution is 2.35. The fourth-order valence-electron chi connectivity index (χ4n) is 2.45. The van der Waals surface area contributed by atoms with E-state index >= 15 is 0 Å². The first-order valence-electron chi connectivity index (χ1n) is 7.63. The summed E-state index contributed by atoms with van der Waals surface area (Å²) < 4.78 is 16.2. The molecule has 2 aromatic carbocycles. The fraction of sp³-hybridized carbons (Fsp3) is 0.176. The summed E-state index contributed by atoms with van der Waals surface area (Å²) in [6.45, 7) is 0. The molecule has 27 heavy (non-hydrogen) atoms. The van der Waals surface area contributed by atoms with Crippen LogP contribution in [0.1, 0.15) is 10.4 Å². The highest BCUT2D eigenvalue weighted by Gasteiger charge is 2.25. The molecule has 9 nitrogen and oxygen atoms in total. The van der Waals surface area contributed by atoms with E-state index in [4.69, 9.17) is 14.2 Å². The molecule has 3 rings (SSSR count). The molecule has 0 fully saturated rings. The summed E-state index contributed by atoms with van der Waals surface area (Å²) in [5.41, 5.74) is 0.125. The lowest BCUT2D eigenvalue weighted by atomic mass is 10.1. The highest BCUT2D eigenvalue weighted by molar-refractivity contribution is 7.22. The van der Waals surface area contributed by atoms with Crippen molar-refractivity contribution in [1.29, 1.82) is 0 Å². The molecule has 3 aromatic rings. The quantitative estimate of drug-likeness (QED) is 0.507. The Morgan fingerprint density at radius 3 is 2.44 bits per heavy atom. The third-order valence-corrected chi connectivity index (χ3v) is 4.69. The molecule has 1 heterocycles. The van der Waals surface area contributed by atoms with E-state index in [1.165, 1.54) is 31.6 Å². The van der Waals surface area contributed by atoms with Crippen LogP contribution in [0.2, 0.25) is 0 Å². The molecule has 0 saturated carbocycles. The number of hydrogen-bond donors (Lipinski definition) is 1. The zero-order chi connectivity index (χ0) is 19.6. The van der Waals surface area contributed by atoms with Gasteiger partial charge in [0.05, 0.1) is 42.5 Å². The van der Waals surface area contributed by atoms with Gasteiger partial charge >= 0.3 is 0 Å².